The van der Waals surface area contributed by atoms with Crippen molar-refractivity contribution in [3.05, 3.63) is 71.8 Å². The summed E-state index contributed by atoms with van der Waals surface area (Å²) < 4.78 is 5.46. The molecule has 0 saturated carbocycles. The minimum Gasteiger partial charge on any atom is -0.496 e. The molecule has 0 amide bonds. The van der Waals surface area contributed by atoms with Crippen LogP contribution in [0.1, 0.15) is 11.1 Å². The highest BCUT2D eigenvalue weighted by Crippen LogP contribution is 2.26. The van der Waals surface area contributed by atoms with Crippen LogP contribution in [-0.2, 0) is 0 Å². The van der Waals surface area contributed by atoms with Crippen LogP contribution in [0.3, 0.4) is 0 Å². The van der Waals surface area contributed by atoms with Gasteiger partial charge in [-0.25, -0.2) is 0 Å². The average Bonchev–Trinajstić information content (AvgIpc) is 2.56. The number of benzene rings is 3. The number of rotatable bonds is 4. The van der Waals surface area contributed by atoms with E-state index < -0.39 is 0 Å². The number of hydrazone groups is 1. The molecule has 3 aromatic rings. The van der Waals surface area contributed by atoms with Gasteiger partial charge in [0, 0.05) is 5.56 Å². The van der Waals surface area contributed by atoms with Crippen molar-refractivity contribution in [2.45, 2.75) is 6.92 Å². The molecule has 22 heavy (non-hydrogen) atoms. The largest absolute Gasteiger partial charge is 0.496 e. The number of aryl methyl sites for hydroxylation is 1. The van der Waals surface area contributed by atoms with Crippen LogP contribution < -0.4 is 10.2 Å². The van der Waals surface area contributed by atoms with Crippen molar-refractivity contribution in [1.82, 2.24) is 0 Å². The van der Waals surface area contributed by atoms with Crippen molar-refractivity contribution in [3.8, 4) is 5.75 Å². The van der Waals surface area contributed by atoms with Gasteiger partial charge in [-0.3, -0.25) is 5.43 Å². The molecule has 0 heterocycles. The van der Waals surface area contributed by atoms with E-state index in [1.165, 1.54) is 5.39 Å². The maximum Gasteiger partial charge on any atom is 0.128 e. The molecular weight excluding hydrogens is 272 g/mol. The lowest BCUT2D eigenvalue weighted by molar-refractivity contribution is 0.415. The molecule has 3 nitrogen and oxygen atoms in total. The van der Waals surface area contributed by atoms with Gasteiger partial charge in [0.05, 0.1) is 19.0 Å². The van der Waals surface area contributed by atoms with Gasteiger partial charge in [0.1, 0.15) is 5.75 Å². The highest BCUT2D eigenvalue weighted by Gasteiger charge is 2.05. The molecule has 0 aromatic heterocycles. The first-order chi connectivity index (χ1) is 10.8. The summed E-state index contributed by atoms with van der Waals surface area (Å²) in [7, 11) is 1.68. The fraction of sp³-hybridized carbons (Fsp3) is 0.105. The molecule has 3 aromatic carbocycles. The molecular formula is C19H18N2O. The van der Waals surface area contributed by atoms with E-state index in [0.29, 0.717) is 0 Å². The van der Waals surface area contributed by atoms with E-state index in [2.05, 4.69) is 41.7 Å². The fourth-order valence-corrected chi connectivity index (χ4v) is 2.45. The summed E-state index contributed by atoms with van der Waals surface area (Å²) >= 11 is 0. The van der Waals surface area contributed by atoms with Gasteiger partial charge in [0.2, 0.25) is 0 Å². The Balaban J connectivity index is 1.96. The second-order valence-corrected chi connectivity index (χ2v) is 5.09. The molecule has 0 spiro atoms. The van der Waals surface area contributed by atoms with E-state index in [0.717, 1.165) is 28.0 Å². The zero-order valence-electron chi connectivity index (χ0n) is 12.7. The highest BCUT2D eigenvalue weighted by atomic mass is 16.5. The summed E-state index contributed by atoms with van der Waals surface area (Å²) in [4.78, 5) is 0. The number of nitrogens with one attached hydrogen (secondary N) is 1. The normalized spacial score (nSPS) is 11.0. The van der Waals surface area contributed by atoms with Crippen LogP contribution in [0.4, 0.5) is 5.69 Å². The molecule has 0 atom stereocenters. The first-order valence-electron chi connectivity index (χ1n) is 7.20. The van der Waals surface area contributed by atoms with Gasteiger partial charge in [-0.2, -0.15) is 5.10 Å². The monoisotopic (exact) mass is 290 g/mol. The second-order valence-electron chi connectivity index (χ2n) is 5.09. The van der Waals surface area contributed by atoms with E-state index in [1.54, 1.807) is 7.11 Å². The van der Waals surface area contributed by atoms with Gasteiger partial charge in [0.15, 0.2) is 0 Å². The molecule has 0 aliphatic heterocycles. The number of fused-ring (bicyclic) bond motifs is 1. The van der Waals surface area contributed by atoms with Crippen LogP contribution in [0.15, 0.2) is 65.8 Å². The number of hydrogen-bond donors (Lipinski definition) is 1. The number of nitrogens with zero attached hydrogens (tertiary/aromatic N) is 1. The van der Waals surface area contributed by atoms with Crippen molar-refractivity contribution in [2.75, 3.05) is 12.5 Å². The molecule has 1 N–H and O–H groups in total. The van der Waals surface area contributed by atoms with Crippen molar-refractivity contribution < 1.29 is 4.74 Å². The number of hydrogen-bond acceptors (Lipinski definition) is 3. The van der Waals surface area contributed by atoms with E-state index in [-0.39, 0.29) is 0 Å². The van der Waals surface area contributed by atoms with Gasteiger partial charge in [-0.15, -0.1) is 0 Å². The van der Waals surface area contributed by atoms with Crippen molar-refractivity contribution in [1.29, 1.82) is 0 Å². The maximum atomic E-state index is 5.46. The molecule has 0 aliphatic rings. The van der Waals surface area contributed by atoms with Gasteiger partial charge in [-0.05, 0) is 35.4 Å². The lowest BCUT2D eigenvalue weighted by atomic mass is 10.0. The fourth-order valence-electron chi connectivity index (χ4n) is 2.45. The molecule has 0 bridgehead atoms. The summed E-state index contributed by atoms with van der Waals surface area (Å²) in [5.41, 5.74) is 6.22. The Morgan fingerprint density at radius 3 is 2.55 bits per heavy atom. The topological polar surface area (TPSA) is 33.6 Å². The number of anilines is 1. The first-order valence-corrected chi connectivity index (χ1v) is 7.20. The summed E-state index contributed by atoms with van der Waals surface area (Å²) in [6, 6.07) is 20.3. The molecule has 3 heteroatoms. The quantitative estimate of drug-likeness (QED) is 0.562. The number of para-hydroxylation sites is 1. The molecule has 0 saturated heterocycles. The standard InChI is InChI=1S/C19H18N2O/c1-14-7-3-6-10-18(14)21-20-13-17-16-9-5-4-8-15(16)11-12-19(17)22-2/h3-13,21H,1-2H3/b20-13+. The first kappa shape index (κ1) is 14.1. The minimum atomic E-state index is 0.814. The SMILES string of the molecule is COc1ccc2ccccc2c1/C=N/Nc1ccccc1C. The Labute approximate surface area is 130 Å². The third kappa shape index (κ3) is 2.79. The third-order valence-electron chi connectivity index (χ3n) is 3.67. The third-order valence-corrected chi connectivity index (χ3v) is 3.67. The van der Waals surface area contributed by atoms with Gasteiger partial charge in [0.25, 0.3) is 0 Å². The van der Waals surface area contributed by atoms with Crippen LogP contribution in [0, 0.1) is 6.92 Å². The van der Waals surface area contributed by atoms with E-state index in [9.17, 15) is 0 Å². The predicted octanol–water partition coefficient (Wildman–Crippen LogP) is 4.60. The Bertz CT molecular complexity index is 825. The lowest BCUT2D eigenvalue weighted by Crippen LogP contribution is -1.96. The predicted molar refractivity (Wildman–Crippen MR) is 92.9 cm³/mol. The summed E-state index contributed by atoms with van der Waals surface area (Å²) in [6.07, 6.45) is 1.81. The summed E-state index contributed by atoms with van der Waals surface area (Å²) in [5, 5.41) is 6.67. The zero-order valence-corrected chi connectivity index (χ0v) is 12.7. The Kier molecular flexibility index (Phi) is 4.05. The highest BCUT2D eigenvalue weighted by molar-refractivity contribution is 6.02. The van der Waals surface area contributed by atoms with Crippen LogP contribution in [0.5, 0.6) is 5.75 Å². The van der Waals surface area contributed by atoms with Crippen molar-refractivity contribution in [2.24, 2.45) is 5.10 Å². The summed E-state index contributed by atoms with van der Waals surface area (Å²) in [5.74, 6) is 0.814. The molecule has 110 valence electrons. The van der Waals surface area contributed by atoms with Crippen molar-refractivity contribution in [3.63, 3.8) is 0 Å². The van der Waals surface area contributed by atoms with Crippen LogP contribution >= 0.6 is 0 Å². The van der Waals surface area contributed by atoms with Crippen molar-refractivity contribution >= 4 is 22.7 Å². The van der Waals surface area contributed by atoms with E-state index in [1.807, 2.05) is 42.6 Å². The number of ether oxygens (including phenoxy) is 1. The van der Waals surface area contributed by atoms with Gasteiger partial charge in [-0.1, -0.05) is 48.5 Å². The Hall–Kier alpha value is -2.81. The Morgan fingerprint density at radius 2 is 1.73 bits per heavy atom. The smallest absolute Gasteiger partial charge is 0.128 e. The summed E-state index contributed by atoms with van der Waals surface area (Å²) in [6.45, 7) is 2.05. The van der Waals surface area contributed by atoms with Gasteiger partial charge >= 0.3 is 0 Å². The Morgan fingerprint density at radius 1 is 0.955 bits per heavy atom. The molecule has 3 rings (SSSR count). The van der Waals surface area contributed by atoms with Crippen LogP contribution in [0.25, 0.3) is 10.8 Å². The molecule has 0 aliphatic carbocycles. The number of methoxy groups -OCH3 is 1. The molecule has 0 radical (unpaired) electrons. The van der Waals surface area contributed by atoms with E-state index >= 15 is 0 Å². The molecule has 0 fully saturated rings. The average molecular weight is 290 g/mol. The second kappa shape index (κ2) is 6.31. The molecule has 0 unspecified atom stereocenters. The van der Waals surface area contributed by atoms with Crippen LogP contribution in [0.2, 0.25) is 0 Å². The van der Waals surface area contributed by atoms with Gasteiger partial charge < -0.3 is 4.74 Å². The lowest BCUT2D eigenvalue weighted by Gasteiger charge is -2.09. The van der Waals surface area contributed by atoms with Crippen LogP contribution in [-0.4, -0.2) is 13.3 Å². The zero-order chi connectivity index (χ0) is 15.4. The maximum absolute atomic E-state index is 5.46. The minimum absolute atomic E-state index is 0.814. The van der Waals surface area contributed by atoms with E-state index in [4.69, 9.17) is 4.74 Å².